The fourth-order valence-corrected chi connectivity index (χ4v) is 4.23. The normalized spacial score (nSPS) is 12.8. The standard InChI is InChI=1S/C13H18O2.C11H20O2.C6H14.C4H10.C3H6O.C2H6.CH4/c1-4-11-5-7-12(8-6-11)9-10(2)13(14)15-3;1-3-10(12)11(8-9-13-2)6-4-5-7-11;1-4-6(3)5-2;1-4(2)3;1-3(2)4;1-2;/h5-8,10H,4,9H2,1-3H3;3-9H2,1-2H3;6H,4-5H2,1-3H3;4H,1-3H3;1-2H3;1-2H3;1H4/t10-;;;;;;/m0....../s1. The SMILES string of the molecule is C.CC.CC(C)=O.CC(C)C.CCC(=O)C1(CCOC)CCCC1.CCC(C)CC.CCc1ccc(C[C@H](C)C(=O)OC)cc1. The summed E-state index contributed by atoms with van der Waals surface area (Å²) in [5.41, 5.74) is 2.50. The summed E-state index contributed by atoms with van der Waals surface area (Å²) in [6.45, 7) is 27.0. The molecule has 0 unspecified atom stereocenters. The summed E-state index contributed by atoms with van der Waals surface area (Å²) in [6, 6.07) is 8.38. The van der Waals surface area contributed by atoms with Gasteiger partial charge in [0.1, 0.15) is 11.6 Å². The molecule has 0 radical (unpaired) electrons. The van der Waals surface area contributed by atoms with Crippen molar-refractivity contribution in [2.45, 2.75) is 162 Å². The van der Waals surface area contributed by atoms with Crippen LogP contribution in [0.5, 0.6) is 0 Å². The molecule has 1 fully saturated rings. The Hall–Kier alpha value is -2.01. The molecule has 2 rings (SSSR count). The van der Waals surface area contributed by atoms with Crippen LogP contribution in [0.15, 0.2) is 24.3 Å². The van der Waals surface area contributed by atoms with Gasteiger partial charge in [-0.05, 0) is 68.9 Å². The zero-order valence-electron chi connectivity index (χ0n) is 31.9. The fraction of sp³-hybridized carbons (Fsp3) is 0.775. The van der Waals surface area contributed by atoms with Gasteiger partial charge in [-0.2, -0.15) is 0 Å². The van der Waals surface area contributed by atoms with Crippen LogP contribution in [0.25, 0.3) is 0 Å². The van der Waals surface area contributed by atoms with Crippen molar-refractivity contribution in [2.24, 2.45) is 23.2 Å². The molecule has 0 amide bonds. The van der Waals surface area contributed by atoms with Crippen LogP contribution in [0, 0.1) is 23.2 Å². The summed E-state index contributed by atoms with van der Waals surface area (Å²) in [5.74, 6) is 2.17. The first-order valence-electron chi connectivity index (χ1n) is 17.3. The molecule has 0 N–H and O–H groups in total. The number of rotatable bonds is 11. The number of methoxy groups -OCH3 is 2. The second kappa shape index (κ2) is 34.9. The molecular formula is C40H78O5. The lowest BCUT2D eigenvalue weighted by atomic mass is 9.78. The molecule has 0 saturated heterocycles. The number of carbonyl (C=O) groups excluding carboxylic acids is 3. The Kier molecular flexibility index (Phi) is 40.7. The van der Waals surface area contributed by atoms with Crippen LogP contribution in [-0.4, -0.2) is 38.4 Å². The molecule has 1 aliphatic carbocycles. The van der Waals surface area contributed by atoms with Crippen LogP contribution in [0.4, 0.5) is 0 Å². The van der Waals surface area contributed by atoms with Crippen LogP contribution in [0.3, 0.4) is 0 Å². The van der Waals surface area contributed by atoms with Crippen molar-refractivity contribution in [3.8, 4) is 0 Å². The largest absolute Gasteiger partial charge is 0.469 e. The van der Waals surface area contributed by atoms with Crippen LogP contribution >= 0.6 is 0 Å². The number of hydrogen-bond donors (Lipinski definition) is 0. The van der Waals surface area contributed by atoms with Gasteiger partial charge in [0.2, 0.25) is 0 Å². The van der Waals surface area contributed by atoms with Crippen LogP contribution in [-0.2, 0) is 36.7 Å². The third-order valence-corrected chi connectivity index (χ3v) is 7.23. The van der Waals surface area contributed by atoms with Gasteiger partial charge in [-0.1, -0.05) is 134 Å². The van der Waals surface area contributed by atoms with E-state index < -0.39 is 0 Å². The summed E-state index contributed by atoms with van der Waals surface area (Å²) in [6.07, 6.45) is 10.7. The fourth-order valence-electron chi connectivity index (χ4n) is 4.23. The predicted octanol–water partition coefficient (Wildman–Crippen LogP) is 11.5. The van der Waals surface area contributed by atoms with Crippen LogP contribution in [0.2, 0.25) is 0 Å². The molecule has 5 heteroatoms. The predicted molar refractivity (Wildman–Crippen MR) is 198 cm³/mol. The molecule has 1 aromatic rings. The molecule has 0 bridgehead atoms. The number of Topliss-reactive ketones (excluding diaryl/α,β-unsaturated/α-hetero) is 2. The molecule has 1 aliphatic rings. The van der Waals surface area contributed by atoms with E-state index in [2.05, 4.69) is 72.7 Å². The summed E-state index contributed by atoms with van der Waals surface area (Å²) >= 11 is 0. The molecule has 268 valence electrons. The van der Waals surface area contributed by atoms with E-state index in [1.54, 1.807) is 7.11 Å². The van der Waals surface area contributed by atoms with E-state index in [9.17, 15) is 14.4 Å². The van der Waals surface area contributed by atoms with E-state index in [1.165, 1.54) is 57.8 Å². The second-order valence-corrected chi connectivity index (χ2v) is 12.4. The first-order chi connectivity index (χ1) is 20.7. The number of esters is 1. The molecular weight excluding hydrogens is 560 g/mol. The smallest absolute Gasteiger partial charge is 0.308 e. The molecule has 0 aliphatic heterocycles. The Labute approximate surface area is 282 Å². The van der Waals surface area contributed by atoms with Gasteiger partial charge in [-0.3, -0.25) is 9.59 Å². The molecule has 1 aromatic carbocycles. The molecule has 1 saturated carbocycles. The molecule has 0 spiro atoms. The van der Waals surface area contributed by atoms with Crippen LogP contribution in [0.1, 0.15) is 160 Å². The summed E-state index contributed by atoms with van der Waals surface area (Å²) < 4.78 is 9.76. The second-order valence-electron chi connectivity index (χ2n) is 12.4. The van der Waals surface area contributed by atoms with Gasteiger partial charge in [0, 0.05) is 25.6 Å². The number of ketones is 2. The Morgan fingerprint density at radius 2 is 1.20 bits per heavy atom. The number of carbonyl (C=O) groups is 3. The summed E-state index contributed by atoms with van der Waals surface area (Å²) in [5, 5.41) is 0. The highest BCUT2D eigenvalue weighted by Gasteiger charge is 2.38. The van der Waals surface area contributed by atoms with Gasteiger partial charge < -0.3 is 14.3 Å². The van der Waals surface area contributed by atoms with Gasteiger partial charge in [-0.15, -0.1) is 0 Å². The number of benzene rings is 1. The lowest BCUT2D eigenvalue weighted by Crippen LogP contribution is -2.28. The minimum Gasteiger partial charge on any atom is -0.469 e. The Bertz CT molecular complexity index is 781. The number of hydrogen-bond acceptors (Lipinski definition) is 5. The van der Waals surface area contributed by atoms with E-state index in [1.807, 2.05) is 27.7 Å². The van der Waals surface area contributed by atoms with E-state index in [4.69, 9.17) is 9.47 Å². The Balaban J connectivity index is -0.000000161. The first-order valence-corrected chi connectivity index (χ1v) is 17.3. The number of ether oxygens (including phenoxy) is 2. The van der Waals surface area contributed by atoms with Gasteiger partial charge in [-0.25, -0.2) is 0 Å². The van der Waals surface area contributed by atoms with Crippen molar-refractivity contribution < 1.29 is 23.9 Å². The topological polar surface area (TPSA) is 69.7 Å². The molecule has 1 atom stereocenters. The molecule has 5 nitrogen and oxygen atoms in total. The lowest BCUT2D eigenvalue weighted by molar-refractivity contribution is -0.144. The highest BCUT2D eigenvalue weighted by Crippen LogP contribution is 2.42. The van der Waals surface area contributed by atoms with Crippen molar-refractivity contribution in [3.63, 3.8) is 0 Å². The zero-order valence-corrected chi connectivity index (χ0v) is 31.9. The van der Waals surface area contributed by atoms with Crippen molar-refractivity contribution in [2.75, 3.05) is 20.8 Å². The molecule has 0 heterocycles. The first kappa shape index (κ1) is 52.5. The highest BCUT2D eigenvalue weighted by molar-refractivity contribution is 5.84. The quantitative estimate of drug-likeness (QED) is 0.226. The third kappa shape index (κ3) is 31.7. The van der Waals surface area contributed by atoms with Crippen molar-refractivity contribution >= 4 is 17.5 Å². The number of aryl methyl sites for hydroxylation is 1. The van der Waals surface area contributed by atoms with Crippen LogP contribution < -0.4 is 0 Å². The van der Waals surface area contributed by atoms with E-state index in [0.29, 0.717) is 12.2 Å². The summed E-state index contributed by atoms with van der Waals surface area (Å²) in [7, 11) is 3.14. The van der Waals surface area contributed by atoms with E-state index >= 15 is 0 Å². The lowest BCUT2D eigenvalue weighted by Gasteiger charge is -2.26. The van der Waals surface area contributed by atoms with E-state index in [0.717, 1.165) is 50.5 Å². The Morgan fingerprint density at radius 1 is 0.800 bits per heavy atom. The molecule has 45 heavy (non-hydrogen) atoms. The molecule has 0 aromatic heterocycles. The van der Waals surface area contributed by atoms with Gasteiger partial charge in [0.05, 0.1) is 13.0 Å². The maximum absolute atomic E-state index is 11.8. The third-order valence-electron chi connectivity index (χ3n) is 7.23. The van der Waals surface area contributed by atoms with Crippen molar-refractivity contribution in [1.82, 2.24) is 0 Å². The van der Waals surface area contributed by atoms with Crippen molar-refractivity contribution in [1.29, 1.82) is 0 Å². The monoisotopic (exact) mass is 639 g/mol. The van der Waals surface area contributed by atoms with Gasteiger partial charge in [0.25, 0.3) is 0 Å². The minimum atomic E-state index is -0.144. The average Bonchev–Trinajstić information content (AvgIpc) is 3.50. The average molecular weight is 639 g/mol. The maximum atomic E-state index is 11.8. The Morgan fingerprint density at radius 3 is 1.49 bits per heavy atom. The van der Waals surface area contributed by atoms with Gasteiger partial charge >= 0.3 is 5.97 Å². The van der Waals surface area contributed by atoms with Gasteiger partial charge in [0.15, 0.2) is 0 Å². The minimum absolute atomic E-state index is 0. The maximum Gasteiger partial charge on any atom is 0.308 e. The highest BCUT2D eigenvalue weighted by atomic mass is 16.5. The zero-order chi connectivity index (χ0) is 35.1. The van der Waals surface area contributed by atoms with E-state index in [-0.39, 0.29) is 30.5 Å². The summed E-state index contributed by atoms with van der Waals surface area (Å²) in [4.78, 5) is 32.4. The van der Waals surface area contributed by atoms with Crippen molar-refractivity contribution in [3.05, 3.63) is 35.4 Å².